The Bertz CT molecular complexity index is 471. The highest BCUT2D eigenvalue weighted by atomic mass is 33.1. The molecule has 1 aromatic heterocycles. The Kier molecular flexibility index (Phi) is 3.88. The fourth-order valence-corrected chi connectivity index (χ4v) is 2.30. The van der Waals surface area contributed by atoms with E-state index in [0.717, 1.165) is 21.7 Å². The second kappa shape index (κ2) is 5.39. The number of thiol groups is 1. The summed E-state index contributed by atoms with van der Waals surface area (Å²) in [5.74, 6) is 0. The standard InChI is InChI=1S/C12H11NOS2/c14-8-9-3-5-10(6-4-9)11-2-1-7-13-12(11)16-15/h1-7,14-15H,8H2. The summed E-state index contributed by atoms with van der Waals surface area (Å²) in [5, 5.41) is 9.86. The van der Waals surface area contributed by atoms with Crippen LogP contribution in [0.3, 0.4) is 0 Å². The molecular formula is C12H11NOS2. The first-order chi connectivity index (χ1) is 7.85. The molecule has 0 spiro atoms. The third-order valence-electron chi connectivity index (χ3n) is 2.31. The van der Waals surface area contributed by atoms with E-state index in [9.17, 15) is 0 Å². The van der Waals surface area contributed by atoms with Gasteiger partial charge >= 0.3 is 0 Å². The maximum atomic E-state index is 8.97. The van der Waals surface area contributed by atoms with Crippen LogP contribution in [0.1, 0.15) is 5.56 Å². The van der Waals surface area contributed by atoms with Gasteiger partial charge in [0.25, 0.3) is 0 Å². The van der Waals surface area contributed by atoms with Crippen molar-refractivity contribution < 1.29 is 5.11 Å². The molecule has 2 nitrogen and oxygen atoms in total. The number of pyridine rings is 1. The summed E-state index contributed by atoms with van der Waals surface area (Å²) >= 11 is 4.18. The smallest absolute Gasteiger partial charge is 0.114 e. The van der Waals surface area contributed by atoms with Crippen molar-refractivity contribution >= 4 is 22.5 Å². The maximum Gasteiger partial charge on any atom is 0.114 e. The molecule has 0 saturated heterocycles. The van der Waals surface area contributed by atoms with Gasteiger partial charge < -0.3 is 5.11 Å². The molecule has 0 bridgehead atoms. The fraction of sp³-hybridized carbons (Fsp3) is 0.0833. The number of aliphatic hydroxyl groups is 1. The van der Waals surface area contributed by atoms with E-state index in [-0.39, 0.29) is 6.61 Å². The summed E-state index contributed by atoms with van der Waals surface area (Å²) in [5.41, 5.74) is 3.06. The lowest BCUT2D eigenvalue weighted by atomic mass is 10.1. The first-order valence-electron chi connectivity index (χ1n) is 4.81. The van der Waals surface area contributed by atoms with Crippen LogP contribution in [0.2, 0.25) is 0 Å². The van der Waals surface area contributed by atoms with Gasteiger partial charge in [-0.1, -0.05) is 30.3 Å². The molecule has 82 valence electrons. The summed E-state index contributed by atoms with van der Waals surface area (Å²) in [6.07, 6.45) is 1.75. The minimum atomic E-state index is 0.0709. The molecule has 1 N–H and O–H groups in total. The number of hydrogen-bond acceptors (Lipinski definition) is 4. The van der Waals surface area contributed by atoms with Crippen molar-refractivity contribution in [2.45, 2.75) is 11.6 Å². The second-order valence-electron chi connectivity index (χ2n) is 3.30. The highest BCUT2D eigenvalue weighted by Crippen LogP contribution is 2.31. The second-order valence-corrected chi connectivity index (χ2v) is 4.42. The third-order valence-corrected chi connectivity index (χ3v) is 3.32. The average molecular weight is 249 g/mol. The van der Waals surface area contributed by atoms with E-state index >= 15 is 0 Å². The number of aromatic nitrogens is 1. The van der Waals surface area contributed by atoms with E-state index < -0.39 is 0 Å². The topological polar surface area (TPSA) is 33.1 Å². The molecular weight excluding hydrogens is 238 g/mol. The van der Waals surface area contributed by atoms with Crippen molar-refractivity contribution in [2.24, 2.45) is 0 Å². The van der Waals surface area contributed by atoms with Gasteiger partial charge in [0, 0.05) is 11.8 Å². The molecule has 2 aromatic rings. The molecule has 0 saturated carbocycles. The van der Waals surface area contributed by atoms with Gasteiger partial charge in [-0.05, 0) is 28.0 Å². The lowest BCUT2D eigenvalue weighted by molar-refractivity contribution is 0.282. The molecule has 16 heavy (non-hydrogen) atoms. The zero-order valence-corrected chi connectivity index (χ0v) is 10.2. The highest BCUT2D eigenvalue weighted by Gasteiger charge is 2.04. The highest BCUT2D eigenvalue weighted by molar-refractivity contribution is 8.68. The largest absolute Gasteiger partial charge is 0.392 e. The summed E-state index contributed by atoms with van der Waals surface area (Å²) in [6, 6.07) is 11.7. The number of aliphatic hydroxyl groups excluding tert-OH is 1. The minimum Gasteiger partial charge on any atom is -0.392 e. The van der Waals surface area contributed by atoms with E-state index in [1.807, 2.05) is 36.4 Å². The van der Waals surface area contributed by atoms with Crippen molar-refractivity contribution in [2.75, 3.05) is 0 Å². The molecule has 0 unspecified atom stereocenters. The molecule has 0 atom stereocenters. The predicted molar refractivity (Wildman–Crippen MR) is 70.4 cm³/mol. The fourth-order valence-electron chi connectivity index (χ4n) is 1.47. The van der Waals surface area contributed by atoms with Crippen molar-refractivity contribution in [3.8, 4) is 11.1 Å². The van der Waals surface area contributed by atoms with Crippen LogP contribution in [0, 0.1) is 0 Å². The average Bonchev–Trinajstić information content (AvgIpc) is 2.39. The van der Waals surface area contributed by atoms with Crippen LogP contribution in [0.4, 0.5) is 0 Å². The molecule has 1 heterocycles. The van der Waals surface area contributed by atoms with Crippen molar-refractivity contribution in [1.29, 1.82) is 0 Å². The van der Waals surface area contributed by atoms with Gasteiger partial charge in [0.1, 0.15) is 5.03 Å². The Labute approximate surface area is 104 Å². The Morgan fingerprint density at radius 2 is 1.94 bits per heavy atom. The van der Waals surface area contributed by atoms with Gasteiger partial charge in [0.05, 0.1) is 6.61 Å². The van der Waals surface area contributed by atoms with Gasteiger partial charge in [-0.2, -0.15) is 0 Å². The quantitative estimate of drug-likeness (QED) is 0.647. The molecule has 0 aliphatic heterocycles. The van der Waals surface area contributed by atoms with Crippen LogP contribution in [0.15, 0.2) is 47.6 Å². The van der Waals surface area contributed by atoms with Crippen LogP contribution in [-0.2, 0) is 6.61 Å². The zero-order chi connectivity index (χ0) is 11.4. The Morgan fingerprint density at radius 1 is 1.19 bits per heavy atom. The molecule has 1 aromatic carbocycles. The number of benzene rings is 1. The zero-order valence-electron chi connectivity index (χ0n) is 8.50. The first-order valence-corrected chi connectivity index (χ1v) is 6.68. The molecule has 0 amide bonds. The SMILES string of the molecule is OCc1ccc(-c2cccnc2SS)cc1. The normalized spacial score (nSPS) is 10.4. The van der Waals surface area contributed by atoms with E-state index in [1.165, 1.54) is 10.8 Å². The summed E-state index contributed by atoms with van der Waals surface area (Å²) in [4.78, 5) is 4.25. The third kappa shape index (κ3) is 2.40. The number of hydrogen-bond donors (Lipinski definition) is 2. The van der Waals surface area contributed by atoms with E-state index in [1.54, 1.807) is 6.20 Å². The Morgan fingerprint density at radius 3 is 2.56 bits per heavy atom. The van der Waals surface area contributed by atoms with Crippen molar-refractivity contribution in [3.63, 3.8) is 0 Å². The lowest BCUT2D eigenvalue weighted by Crippen LogP contribution is -1.86. The van der Waals surface area contributed by atoms with Crippen LogP contribution >= 0.6 is 22.5 Å². The molecule has 0 aliphatic rings. The van der Waals surface area contributed by atoms with Gasteiger partial charge in [-0.25, -0.2) is 4.98 Å². The van der Waals surface area contributed by atoms with Crippen LogP contribution in [-0.4, -0.2) is 10.1 Å². The Hall–Kier alpha value is -0.970. The monoisotopic (exact) mass is 249 g/mol. The van der Waals surface area contributed by atoms with Crippen LogP contribution in [0.5, 0.6) is 0 Å². The van der Waals surface area contributed by atoms with Gasteiger partial charge in [-0.3, -0.25) is 0 Å². The van der Waals surface area contributed by atoms with E-state index in [4.69, 9.17) is 5.11 Å². The van der Waals surface area contributed by atoms with Gasteiger partial charge in [0.2, 0.25) is 0 Å². The van der Waals surface area contributed by atoms with Gasteiger partial charge in [0.15, 0.2) is 0 Å². The van der Waals surface area contributed by atoms with Crippen LogP contribution in [0.25, 0.3) is 11.1 Å². The Balaban J connectivity index is 2.42. The summed E-state index contributed by atoms with van der Waals surface area (Å²) in [7, 11) is 1.33. The van der Waals surface area contributed by atoms with E-state index in [0.29, 0.717) is 0 Å². The number of rotatable bonds is 3. The molecule has 4 heteroatoms. The van der Waals surface area contributed by atoms with Gasteiger partial charge in [-0.15, -0.1) is 11.7 Å². The lowest BCUT2D eigenvalue weighted by Gasteiger charge is -2.06. The summed E-state index contributed by atoms with van der Waals surface area (Å²) in [6.45, 7) is 0.0709. The van der Waals surface area contributed by atoms with E-state index in [2.05, 4.69) is 16.6 Å². The van der Waals surface area contributed by atoms with Crippen LogP contribution < -0.4 is 0 Å². The van der Waals surface area contributed by atoms with Crippen molar-refractivity contribution in [1.82, 2.24) is 4.98 Å². The molecule has 0 radical (unpaired) electrons. The summed E-state index contributed by atoms with van der Waals surface area (Å²) < 4.78 is 0. The molecule has 2 rings (SSSR count). The predicted octanol–water partition coefficient (Wildman–Crippen LogP) is 3.18. The minimum absolute atomic E-state index is 0.0709. The van der Waals surface area contributed by atoms with Crippen molar-refractivity contribution in [3.05, 3.63) is 48.2 Å². The molecule has 0 fully saturated rings. The first kappa shape index (κ1) is 11.5. The molecule has 0 aliphatic carbocycles. The maximum absolute atomic E-state index is 8.97. The number of nitrogens with zero attached hydrogens (tertiary/aromatic N) is 1.